The fourth-order valence-electron chi connectivity index (χ4n) is 2.99. The summed E-state index contributed by atoms with van der Waals surface area (Å²) in [5, 5.41) is 9.18. The normalized spacial score (nSPS) is 16.8. The Morgan fingerprint density at radius 1 is 1.08 bits per heavy atom. The summed E-state index contributed by atoms with van der Waals surface area (Å²) in [5.74, 6) is -0.628. The van der Waals surface area contributed by atoms with Crippen molar-refractivity contribution in [3.05, 3.63) is 54.6 Å². The first-order valence-electron chi connectivity index (χ1n) is 7.96. The van der Waals surface area contributed by atoms with Gasteiger partial charge in [0.2, 0.25) is 0 Å². The molecule has 2 aromatic rings. The van der Waals surface area contributed by atoms with Gasteiger partial charge >= 0.3 is 5.97 Å². The van der Waals surface area contributed by atoms with E-state index in [2.05, 4.69) is 0 Å². The number of benzene rings is 2. The van der Waals surface area contributed by atoms with Crippen molar-refractivity contribution in [2.45, 2.75) is 18.9 Å². The number of amides is 1. The standard InChI is InChI=1S/C19H19NO4/c21-18(20-12-6-10-16(20)19(22)23)13-24-17-11-5-4-9-15(17)14-7-2-1-3-8-14/h1-5,7-9,11,16H,6,10,12-13H2,(H,22,23)/t16-/m1/s1. The highest BCUT2D eigenvalue weighted by Crippen LogP contribution is 2.29. The number of carbonyl (C=O) groups is 2. The molecule has 1 aliphatic rings. The van der Waals surface area contributed by atoms with Crippen LogP contribution >= 0.6 is 0 Å². The molecule has 124 valence electrons. The Labute approximate surface area is 140 Å². The molecule has 1 N–H and O–H groups in total. The van der Waals surface area contributed by atoms with Crippen LogP contribution in [0.5, 0.6) is 5.75 Å². The van der Waals surface area contributed by atoms with Crippen LogP contribution in [0.2, 0.25) is 0 Å². The maximum atomic E-state index is 12.3. The van der Waals surface area contributed by atoms with Crippen molar-refractivity contribution in [3.8, 4) is 16.9 Å². The maximum Gasteiger partial charge on any atom is 0.326 e. The van der Waals surface area contributed by atoms with E-state index < -0.39 is 12.0 Å². The van der Waals surface area contributed by atoms with Crippen molar-refractivity contribution in [1.29, 1.82) is 0 Å². The number of ether oxygens (including phenoxy) is 1. The van der Waals surface area contributed by atoms with Crippen molar-refractivity contribution in [2.75, 3.05) is 13.2 Å². The number of hydrogen-bond acceptors (Lipinski definition) is 3. The Morgan fingerprint density at radius 3 is 2.54 bits per heavy atom. The molecule has 24 heavy (non-hydrogen) atoms. The van der Waals surface area contributed by atoms with Crippen LogP contribution in [0.15, 0.2) is 54.6 Å². The Bertz CT molecular complexity index is 729. The highest BCUT2D eigenvalue weighted by molar-refractivity contribution is 5.85. The van der Waals surface area contributed by atoms with Gasteiger partial charge in [-0.3, -0.25) is 4.79 Å². The van der Waals surface area contributed by atoms with Gasteiger partial charge in [0, 0.05) is 12.1 Å². The van der Waals surface area contributed by atoms with Crippen LogP contribution < -0.4 is 4.74 Å². The van der Waals surface area contributed by atoms with Crippen molar-refractivity contribution in [3.63, 3.8) is 0 Å². The summed E-state index contributed by atoms with van der Waals surface area (Å²) in [4.78, 5) is 24.9. The summed E-state index contributed by atoms with van der Waals surface area (Å²) in [7, 11) is 0. The molecule has 1 aliphatic heterocycles. The SMILES string of the molecule is O=C(O)[C@H]1CCCN1C(=O)COc1ccccc1-c1ccccc1. The molecule has 5 heteroatoms. The molecular formula is C19H19NO4. The zero-order valence-corrected chi connectivity index (χ0v) is 13.2. The first-order valence-corrected chi connectivity index (χ1v) is 7.96. The third-order valence-corrected chi connectivity index (χ3v) is 4.18. The van der Waals surface area contributed by atoms with Crippen LogP contribution in [0.3, 0.4) is 0 Å². The lowest BCUT2D eigenvalue weighted by molar-refractivity contribution is -0.148. The minimum Gasteiger partial charge on any atom is -0.483 e. The van der Waals surface area contributed by atoms with E-state index in [0.717, 1.165) is 11.1 Å². The number of carboxylic acids is 1. The van der Waals surface area contributed by atoms with E-state index in [-0.39, 0.29) is 12.5 Å². The van der Waals surface area contributed by atoms with Gasteiger partial charge < -0.3 is 14.7 Å². The average molecular weight is 325 g/mol. The molecule has 1 atom stereocenters. The molecule has 1 fully saturated rings. The van der Waals surface area contributed by atoms with E-state index in [0.29, 0.717) is 25.1 Å². The van der Waals surface area contributed by atoms with Gasteiger partial charge in [0.25, 0.3) is 5.91 Å². The largest absolute Gasteiger partial charge is 0.483 e. The molecule has 3 rings (SSSR count). The zero-order valence-electron chi connectivity index (χ0n) is 13.2. The Balaban J connectivity index is 1.71. The first-order chi connectivity index (χ1) is 11.7. The van der Waals surface area contributed by atoms with Crippen LogP contribution in [-0.4, -0.2) is 41.1 Å². The van der Waals surface area contributed by atoms with Crippen molar-refractivity contribution in [2.24, 2.45) is 0 Å². The van der Waals surface area contributed by atoms with E-state index in [1.807, 2.05) is 54.6 Å². The van der Waals surface area contributed by atoms with Gasteiger partial charge in [0.05, 0.1) is 0 Å². The lowest BCUT2D eigenvalue weighted by Crippen LogP contribution is -2.42. The summed E-state index contributed by atoms with van der Waals surface area (Å²) in [5.41, 5.74) is 1.91. The highest BCUT2D eigenvalue weighted by Gasteiger charge is 2.34. The van der Waals surface area contributed by atoms with Crippen LogP contribution in [0.25, 0.3) is 11.1 Å². The van der Waals surface area contributed by atoms with Gasteiger partial charge in [0.15, 0.2) is 6.61 Å². The average Bonchev–Trinajstić information content (AvgIpc) is 3.11. The van der Waals surface area contributed by atoms with Gasteiger partial charge in [-0.05, 0) is 24.5 Å². The first kappa shape index (κ1) is 16.1. The van der Waals surface area contributed by atoms with E-state index >= 15 is 0 Å². The second-order valence-electron chi connectivity index (χ2n) is 5.73. The summed E-state index contributed by atoms with van der Waals surface area (Å²) >= 11 is 0. The molecule has 1 amide bonds. The molecule has 0 saturated carbocycles. The van der Waals surface area contributed by atoms with Crippen LogP contribution in [0.4, 0.5) is 0 Å². The van der Waals surface area contributed by atoms with E-state index in [1.54, 1.807) is 0 Å². The van der Waals surface area contributed by atoms with Gasteiger partial charge in [-0.15, -0.1) is 0 Å². The second-order valence-corrected chi connectivity index (χ2v) is 5.73. The molecule has 0 bridgehead atoms. The van der Waals surface area contributed by atoms with Crippen LogP contribution in [0.1, 0.15) is 12.8 Å². The minimum absolute atomic E-state index is 0.159. The number of aliphatic carboxylic acids is 1. The van der Waals surface area contributed by atoms with Crippen molar-refractivity contribution in [1.82, 2.24) is 4.90 Å². The number of hydrogen-bond donors (Lipinski definition) is 1. The number of nitrogens with zero attached hydrogens (tertiary/aromatic N) is 1. The maximum absolute atomic E-state index is 12.3. The Morgan fingerprint density at radius 2 is 1.79 bits per heavy atom. The van der Waals surface area contributed by atoms with E-state index in [4.69, 9.17) is 4.74 Å². The summed E-state index contributed by atoms with van der Waals surface area (Å²) in [6.45, 7) is 0.313. The molecule has 0 unspecified atom stereocenters. The molecule has 5 nitrogen and oxygen atoms in total. The fraction of sp³-hybridized carbons (Fsp3) is 0.263. The molecular weight excluding hydrogens is 306 g/mol. The third-order valence-electron chi connectivity index (χ3n) is 4.18. The fourth-order valence-corrected chi connectivity index (χ4v) is 2.99. The van der Waals surface area contributed by atoms with Gasteiger partial charge in [-0.2, -0.15) is 0 Å². The number of carbonyl (C=O) groups excluding carboxylic acids is 1. The third kappa shape index (κ3) is 3.40. The molecule has 0 aliphatic carbocycles. The molecule has 1 saturated heterocycles. The molecule has 0 aromatic heterocycles. The minimum atomic E-state index is -0.953. The lowest BCUT2D eigenvalue weighted by atomic mass is 10.1. The predicted octanol–water partition coefficient (Wildman–Crippen LogP) is 2.81. The van der Waals surface area contributed by atoms with Gasteiger partial charge in [-0.1, -0.05) is 48.5 Å². The summed E-state index contributed by atoms with van der Waals surface area (Å²) in [6, 6.07) is 16.6. The van der Waals surface area contributed by atoms with Crippen molar-refractivity contribution >= 4 is 11.9 Å². The van der Waals surface area contributed by atoms with Crippen LogP contribution in [0, 0.1) is 0 Å². The number of carboxylic acid groups (broad SMARTS) is 1. The molecule has 1 heterocycles. The van der Waals surface area contributed by atoms with E-state index in [9.17, 15) is 14.7 Å². The Hall–Kier alpha value is -2.82. The smallest absolute Gasteiger partial charge is 0.326 e. The Kier molecular flexibility index (Phi) is 4.79. The monoisotopic (exact) mass is 325 g/mol. The van der Waals surface area contributed by atoms with Crippen molar-refractivity contribution < 1.29 is 19.4 Å². The molecule has 2 aromatic carbocycles. The van der Waals surface area contributed by atoms with Gasteiger partial charge in [0.1, 0.15) is 11.8 Å². The highest BCUT2D eigenvalue weighted by atomic mass is 16.5. The van der Waals surface area contributed by atoms with E-state index in [1.165, 1.54) is 4.90 Å². The number of likely N-dealkylation sites (tertiary alicyclic amines) is 1. The summed E-state index contributed by atoms with van der Waals surface area (Å²) < 4.78 is 5.71. The van der Waals surface area contributed by atoms with Gasteiger partial charge in [-0.25, -0.2) is 4.79 Å². The lowest BCUT2D eigenvalue weighted by Gasteiger charge is -2.21. The zero-order chi connectivity index (χ0) is 16.9. The molecule has 0 spiro atoms. The quantitative estimate of drug-likeness (QED) is 0.918. The molecule has 0 radical (unpaired) electrons. The van der Waals surface area contributed by atoms with Crippen LogP contribution in [-0.2, 0) is 9.59 Å². The number of para-hydroxylation sites is 1. The summed E-state index contributed by atoms with van der Waals surface area (Å²) in [6.07, 6.45) is 1.21. The second kappa shape index (κ2) is 7.17. The number of rotatable bonds is 5. The topological polar surface area (TPSA) is 66.8 Å². The predicted molar refractivity (Wildman–Crippen MR) is 89.7 cm³/mol.